The van der Waals surface area contributed by atoms with Gasteiger partial charge in [-0.2, -0.15) is 0 Å². The van der Waals surface area contributed by atoms with Crippen LogP contribution in [0, 0.1) is 5.82 Å². The van der Waals surface area contributed by atoms with Gasteiger partial charge in [-0.3, -0.25) is 0 Å². The van der Waals surface area contributed by atoms with Crippen molar-refractivity contribution in [1.29, 1.82) is 0 Å². The third-order valence-electron chi connectivity index (χ3n) is 2.28. The number of hydrogen-bond acceptors (Lipinski definition) is 6. The van der Waals surface area contributed by atoms with Gasteiger partial charge in [0.25, 0.3) is 5.89 Å². The molecule has 0 saturated carbocycles. The quantitative estimate of drug-likeness (QED) is 0.788. The van der Waals surface area contributed by atoms with E-state index < -0.39 is 11.8 Å². The molecule has 0 N–H and O–H groups in total. The van der Waals surface area contributed by atoms with Crippen molar-refractivity contribution in [3.05, 3.63) is 29.9 Å². The fourth-order valence-electron chi connectivity index (χ4n) is 1.40. The van der Waals surface area contributed by atoms with Crippen molar-refractivity contribution in [2.75, 3.05) is 13.7 Å². The molecular weight excluding hydrogens is 255 g/mol. The fraction of sp³-hybridized carbons (Fsp3) is 0.250. The number of carbonyl (C=O) groups is 1. The molecule has 0 spiro atoms. The summed E-state index contributed by atoms with van der Waals surface area (Å²) in [6.45, 7) is 1.84. The minimum atomic E-state index is -0.741. The highest BCUT2D eigenvalue weighted by Crippen LogP contribution is 2.25. The third-order valence-corrected chi connectivity index (χ3v) is 2.28. The van der Waals surface area contributed by atoms with Crippen LogP contribution in [0.5, 0.6) is 5.75 Å². The molecule has 0 unspecified atom stereocenters. The maximum atomic E-state index is 13.8. The standard InChI is InChI=1S/C12H11FN2O4/c1-3-18-12(16)11-15-14-10(19-11)8-5-4-7(17-2)6-9(8)13/h4-6H,3H2,1-2H3. The lowest BCUT2D eigenvalue weighted by Gasteiger charge is -2.01. The molecule has 2 rings (SSSR count). The van der Waals surface area contributed by atoms with Crippen LogP contribution in [0.2, 0.25) is 0 Å². The molecule has 0 fully saturated rings. The Morgan fingerprint density at radius 1 is 1.42 bits per heavy atom. The van der Waals surface area contributed by atoms with Gasteiger partial charge in [-0.05, 0) is 19.1 Å². The average molecular weight is 266 g/mol. The van der Waals surface area contributed by atoms with Crippen LogP contribution in [-0.2, 0) is 4.74 Å². The lowest BCUT2D eigenvalue weighted by molar-refractivity contribution is 0.0481. The summed E-state index contributed by atoms with van der Waals surface area (Å²) in [7, 11) is 1.43. The Balaban J connectivity index is 2.30. The number of rotatable bonds is 4. The van der Waals surface area contributed by atoms with Gasteiger partial charge >= 0.3 is 11.9 Å². The largest absolute Gasteiger partial charge is 0.497 e. The van der Waals surface area contributed by atoms with Crippen LogP contribution in [0.4, 0.5) is 4.39 Å². The number of ether oxygens (including phenoxy) is 2. The van der Waals surface area contributed by atoms with Crippen molar-refractivity contribution in [3.8, 4) is 17.2 Å². The lowest BCUT2D eigenvalue weighted by atomic mass is 10.2. The fourth-order valence-corrected chi connectivity index (χ4v) is 1.40. The van der Waals surface area contributed by atoms with Gasteiger partial charge in [0.2, 0.25) is 0 Å². The minimum absolute atomic E-state index is 0.0869. The third kappa shape index (κ3) is 2.70. The van der Waals surface area contributed by atoms with E-state index >= 15 is 0 Å². The van der Waals surface area contributed by atoms with E-state index in [4.69, 9.17) is 13.9 Å². The molecule has 1 heterocycles. The molecule has 6 nitrogen and oxygen atoms in total. The van der Waals surface area contributed by atoms with E-state index in [1.165, 1.54) is 19.2 Å². The summed E-state index contributed by atoms with van der Waals surface area (Å²) in [5.74, 6) is -1.37. The Morgan fingerprint density at radius 2 is 2.21 bits per heavy atom. The molecule has 1 aromatic heterocycles. The van der Waals surface area contributed by atoms with E-state index in [0.717, 1.165) is 0 Å². The summed E-state index contributed by atoms with van der Waals surface area (Å²) >= 11 is 0. The molecule has 0 aliphatic heterocycles. The smallest absolute Gasteiger partial charge is 0.396 e. The van der Waals surface area contributed by atoms with Crippen molar-refractivity contribution in [2.45, 2.75) is 6.92 Å². The van der Waals surface area contributed by atoms with E-state index in [2.05, 4.69) is 10.2 Å². The molecule has 7 heteroatoms. The van der Waals surface area contributed by atoms with Gasteiger partial charge in [-0.1, -0.05) is 0 Å². The van der Waals surface area contributed by atoms with Crippen molar-refractivity contribution in [1.82, 2.24) is 10.2 Å². The van der Waals surface area contributed by atoms with Crippen molar-refractivity contribution in [2.24, 2.45) is 0 Å². The molecular formula is C12H11FN2O4. The SMILES string of the molecule is CCOC(=O)c1nnc(-c2ccc(OC)cc2F)o1. The summed E-state index contributed by atoms with van der Waals surface area (Å²) in [6.07, 6.45) is 0. The molecule has 0 saturated heterocycles. The van der Waals surface area contributed by atoms with Crippen molar-refractivity contribution < 1.29 is 23.1 Å². The topological polar surface area (TPSA) is 74.5 Å². The highest BCUT2D eigenvalue weighted by Gasteiger charge is 2.19. The summed E-state index contributed by atoms with van der Waals surface area (Å²) in [5.41, 5.74) is 0.0869. The molecule has 100 valence electrons. The number of carbonyl (C=O) groups excluding carboxylic acids is 1. The predicted octanol–water partition coefficient (Wildman–Crippen LogP) is 2.06. The predicted molar refractivity (Wildman–Crippen MR) is 62.2 cm³/mol. The maximum absolute atomic E-state index is 13.8. The Labute approximate surface area is 108 Å². The van der Waals surface area contributed by atoms with Crippen LogP contribution in [0.15, 0.2) is 22.6 Å². The first-order valence-electron chi connectivity index (χ1n) is 5.50. The summed E-state index contributed by atoms with van der Waals surface area (Å²) in [5, 5.41) is 7.11. The molecule has 0 radical (unpaired) electrons. The van der Waals surface area contributed by atoms with Gasteiger partial charge in [0.05, 0.1) is 19.3 Å². The van der Waals surface area contributed by atoms with Crippen molar-refractivity contribution >= 4 is 5.97 Å². The van der Waals surface area contributed by atoms with Crippen LogP contribution < -0.4 is 4.74 Å². The number of esters is 1. The highest BCUT2D eigenvalue weighted by atomic mass is 19.1. The first-order valence-corrected chi connectivity index (χ1v) is 5.50. The van der Waals surface area contributed by atoms with Crippen LogP contribution in [0.3, 0.4) is 0 Å². The second-order valence-electron chi connectivity index (χ2n) is 3.48. The number of nitrogens with zero attached hydrogens (tertiary/aromatic N) is 2. The number of hydrogen-bond donors (Lipinski definition) is 0. The van der Waals surface area contributed by atoms with E-state index in [0.29, 0.717) is 5.75 Å². The molecule has 0 atom stereocenters. The highest BCUT2D eigenvalue weighted by molar-refractivity contribution is 5.84. The molecule has 0 bridgehead atoms. The van der Waals surface area contributed by atoms with Crippen LogP contribution in [-0.4, -0.2) is 29.9 Å². The van der Waals surface area contributed by atoms with Crippen LogP contribution in [0.1, 0.15) is 17.6 Å². The number of aromatic nitrogens is 2. The van der Waals surface area contributed by atoms with E-state index in [1.807, 2.05) is 0 Å². The van der Waals surface area contributed by atoms with E-state index in [-0.39, 0.29) is 24.0 Å². The number of methoxy groups -OCH3 is 1. The van der Waals surface area contributed by atoms with Gasteiger partial charge in [-0.15, -0.1) is 10.2 Å². The summed E-state index contributed by atoms with van der Waals surface area (Å²) in [4.78, 5) is 11.3. The van der Waals surface area contributed by atoms with E-state index in [9.17, 15) is 9.18 Å². The lowest BCUT2D eigenvalue weighted by Crippen LogP contribution is -2.04. The Kier molecular flexibility index (Phi) is 3.74. The number of benzene rings is 1. The zero-order chi connectivity index (χ0) is 13.8. The maximum Gasteiger partial charge on any atom is 0.396 e. The average Bonchev–Trinajstić information content (AvgIpc) is 2.88. The zero-order valence-electron chi connectivity index (χ0n) is 10.3. The van der Waals surface area contributed by atoms with Gasteiger partial charge in [0, 0.05) is 6.07 Å². The summed E-state index contributed by atoms with van der Waals surface area (Å²) < 4.78 is 28.4. The number of halogens is 1. The van der Waals surface area contributed by atoms with Gasteiger partial charge in [0.1, 0.15) is 11.6 Å². The second kappa shape index (κ2) is 5.47. The van der Waals surface area contributed by atoms with Crippen LogP contribution in [0.25, 0.3) is 11.5 Å². The molecule has 0 aliphatic rings. The monoisotopic (exact) mass is 266 g/mol. The first-order chi connectivity index (χ1) is 9.15. The zero-order valence-corrected chi connectivity index (χ0v) is 10.3. The molecule has 2 aromatic rings. The normalized spacial score (nSPS) is 10.3. The Hall–Kier alpha value is -2.44. The van der Waals surface area contributed by atoms with Gasteiger partial charge < -0.3 is 13.9 Å². The second-order valence-corrected chi connectivity index (χ2v) is 3.48. The molecule has 19 heavy (non-hydrogen) atoms. The van der Waals surface area contributed by atoms with Gasteiger partial charge in [0.15, 0.2) is 0 Å². The Bertz CT molecular complexity index is 597. The molecule has 0 amide bonds. The summed E-state index contributed by atoms with van der Waals surface area (Å²) in [6, 6.07) is 4.16. The van der Waals surface area contributed by atoms with Crippen LogP contribution >= 0.6 is 0 Å². The Morgan fingerprint density at radius 3 is 2.84 bits per heavy atom. The molecule has 0 aliphatic carbocycles. The van der Waals surface area contributed by atoms with Gasteiger partial charge in [-0.25, -0.2) is 9.18 Å². The first kappa shape index (κ1) is 13.0. The molecule has 1 aromatic carbocycles. The minimum Gasteiger partial charge on any atom is -0.497 e. The van der Waals surface area contributed by atoms with Crippen molar-refractivity contribution in [3.63, 3.8) is 0 Å². The van der Waals surface area contributed by atoms with E-state index in [1.54, 1.807) is 13.0 Å².